The minimum absolute atomic E-state index is 0.135. The van der Waals surface area contributed by atoms with E-state index in [4.69, 9.17) is 0 Å². The van der Waals surface area contributed by atoms with Gasteiger partial charge >= 0.3 is 0 Å². The van der Waals surface area contributed by atoms with Crippen LogP contribution in [-0.4, -0.2) is 68.3 Å². The fourth-order valence-corrected chi connectivity index (χ4v) is 4.69. The zero-order chi connectivity index (χ0) is 31.1. The van der Waals surface area contributed by atoms with Crippen molar-refractivity contribution in [2.45, 2.75) is 58.7 Å². The number of aliphatic hydroxyl groups is 3. The van der Waals surface area contributed by atoms with E-state index in [0.717, 1.165) is 6.08 Å². The maximum Gasteiger partial charge on any atom is 0.190 e. The summed E-state index contributed by atoms with van der Waals surface area (Å²) in [7, 11) is 0. The Bertz CT molecular complexity index is 1110. The summed E-state index contributed by atoms with van der Waals surface area (Å²) in [6.07, 6.45) is -3.17. The molecule has 212 valence electrons. The summed E-state index contributed by atoms with van der Waals surface area (Å²) in [5, 5.41) is 32.9. The highest BCUT2D eigenvalue weighted by molar-refractivity contribution is 6.24. The first-order chi connectivity index (χ1) is 17.8. The molecule has 0 fully saturated rings. The Balaban J connectivity index is 7.59. The van der Waals surface area contributed by atoms with Crippen molar-refractivity contribution in [3.05, 3.63) is 73.9 Å². The summed E-state index contributed by atoms with van der Waals surface area (Å²) in [6, 6.07) is 0. The van der Waals surface area contributed by atoms with Crippen LogP contribution in [0.15, 0.2) is 73.9 Å². The van der Waals surface area contributed by atoms with E-state index in [1.165, 1.54) is 27.7 Å². The molecule has 0 saturated heterocycles. The number of carbonyl (C=O) groups is 6. The van der Waals surface area contributed by atoms with Gasteiger partial charge in [-0.1, -0.05) is 39.5 Å². The summed E-state index contributed by atoms with van der Waals surface area (Å²) in [5.41, 5.74) is -9.20. The Hall–Kier alpha value is -3.66. The van der Waals surface area contributed by atoms with Crippen LogP contribution >= 0.6 is 0 Å². The number of Topliss-reactive ketones (excluding diaryl/α,β-unsaturated/α-hetero) is 4. The molecule has 0 saturated carbocycles. The van der Waals surface area contributed by atoms with Gasteiger partial charge in [0.25, 0.3) is 0 Å². The smallest absolute Gasteiger partial charge is 0.190 e. The second-order valence-electron chi connectivity index (χ2n) is 9.92. The number of aliphatic hydroxyl groups excluding tert-OH is 2. The second kappa shape index (κ2) is 13.4. The molecule has 9 heteroatoms. The van der Waals surface area contributed by atoms with Gasteiger partial charge < -0.3 is 15.3 Å². The molecule has 0 spiro atoms. The fourth-order valence-electron chi connectivity index (χ4n) is 4.69. The first-order valence-electron chi connectivity index (χ1n) is 11.9. The zero-order valence-corrected chi connectivity index (χ0v) is 23.1. The van der Waals surface area contributed by atoms with Crippen LogP contribution in [0.3, 0.4) is 0 Å². The van der Waals surface area contributed by atoms with Crippen LogP contribution in [0.2, 0.25) is 0 Å². The van der Waals surface area contributed by atoms with E-state index in [2.05, 4.69) is 39.5 Å². The minimum Gasteiger partial charge on any atom is -0.393 e. The summed E-state index contributed by atoms with van der Waals surface area (Å²) >= 11 is 0. The summed E-state index contributed by atoms with van der Waals surface area (Å²) < 4.78 is 0. The van der Waals surface area contributed by atoms with E-state index in [-0.39, 0.29) is 22.3 Å². The number of carbonyl (C=O) groups excluding carboxylic acids is 6. The van der Waals surface area contributed by atoms with Crippen LogP contribution in [0.25, 0.3) is 0 Å². The fraction of sp³-hybridized carbons (Fsp3) is 0.400. The third-order valence-electron chi connectivity index (χ3n) is 6.55. The number of allylic oxidation sites excluding steroid dienone is 5. The Morgan fingerprint density at radius 2 is 1.10 bits per heavy atom. The van der Waals surface area contributed by atoms with Crippen LogP contribution in [0, 0.1) is 10.8 Å². The van der Waals surface area contributed by atoms with E-state index in [0.29, 0.717) is 6.08 Å². The molecular formula is C30H38O9. The van der Waals surface area contributed by atoms with Crippen LogP contribution in [0.5, 0.6) is 0 Å². The van der Waals surface area contributed by atoms with Gasteiger partial charge in [0, 0.05) is 6.42 Å². The lowest BCUT2D eigenvalue weighted by molar-refractivity contribution is -0.176. The third-order valence-corrected chi connectivity index (χ3v) is 6.55. The molecule has 0 aliphatic carbocycles. The van der Waals surface area contributed by atoms with E-state index < -0.39 is 83.1 Å². The number of rotatable bonds is 19. The molecule has 0 bridgehead atoms. The van der Waals surface area contributed by atoms with Crippen molar-refractivity contribution in [2.24, 2.45) is 10.8 Å². The standard InChI is InChI=1S/C30H38O9/c1-11-21(32)13-28(24(35)17(3)4,25(36)18(5)6)14-22(33)15-29(26(37)19(7)8,27(38)20(9)10)30(39,16-31)23(34)12-2/h11-12,22,31,33,39H,1-3,5,7,9,13-16H2,4,6,8,10H3. The molecule has 0 amide bonds. The minimum atomic E-state index is -3.14. The molecule has 0 aromatic carbocycles. The second-order valence-corrected chi connectivity index (χ2v) is 9.92. The van der Waals surface area contributed by atoms with Crippen LogP contribution in [-0.2, 0) is 28.8 Å². The van der Waals surface area contributed by atoms with E-state index >= 15 is 0 Å². The van der Waals surface area contributed by atoms with E-state index in [1.807, 2.05) is 0 Å². The van der Waals surface area contributed by atoms with E-state index in [9.17, 15) is 44.1 Å². The first-order valence-corrected chi connectivity index (χ1v) is 11.9. The first kappa shape index (κ1) is 35.3. The van der Waals surface area contributed by atoms with Gasteiger partial charge in [-0.3, -0.25) is 28.8 Å². The quantitative estimate of drug-likeness (QED) is 0.164. The topological polar surface area (TPSA) is 163 Å². The highest BCUT2D eigenvalue weighted by Gasteiger charge is 2.64. The normalized spacial score (nSPS) is 13.7. The summed E-state index contributed by atoms with van der Waals surface area (Å²) in [5.74, 6) is -6.27. The molecule has 0 aromatic heterocycles. The van der Waals surface area contributed by atoms with Gasteiger partial charge in [-0.2, -0.15) is 0 Å². The molecule has 0 radical (unpaired) electrons. The maximum absolute atomic E-state index is 13.6. The molecule has 3 N–H and O–H groups in total. The molecule has 9 nitrogen and oxygen atoms in total. The highest BCUT2D eigenvalue weighted by atomic mass is 16.3. The van der Waals surface area contributed by atoms with Gasteiger partial charge in [-0.05, 0) is 75.0 Å². The lowest BCUT2D eigenvalue weighted by Crippen LogP contribution is -2.65. The predicted octanol–water partition coefficient (Wildman–Crippen LogP) is 2.30. The molecule has 2 atom stereocenters. The Morgan fingerprint density at radius 1 is 0.718 bits per heavy atom. The van der Waals surface area contributed by atoms with Crippen LogP contribution < -0.4 is 0 Å². The average molecular weight is 543 g/mol. The zero-order valence-electron chi connectivity index (χ0n) is 23.1. The van der Waals surface area contributed by atoms with Crippen LogP contribution in [0.4, 0.5) is 0 Å². The number of ketones is 6. The molecule has 0 aliphatic rings. The third kappa shape index (κ3) is 6.68. The molecule has 0 aromatic rings. The number of hydrogen-bond acceptors (Lipinski definition) is 9. The monoisotopic (exact) mass is 542 g/mol. The summed E-state index contributed by atoms with van der Waals surface area (Å²) in [6.45, 7) is 24.2. The van der Waals surface area contributed by atoms with Crippen LogP contribution in [0.1, 0.15) is 47.0 Å². The van der Waals surface area contributed by atoms with Crippen molar-refractivity contribution in [3.63, 3.8) is 0 Å². The van der Waals surface area contributed by atoms with Crippen molar-refractivity contribution in [2.75, 3.05) is 6.61 Å². The maximum atomic E-state index is 13.6. The van der Waals surface area contributed by atoms with Gasteiger partial charge in [0.15, 0.2) is 40.3 Å². The molecule has 0 aliphatic heterocycles. The lowest BCUT2D eigenvalue weighted by atomic mass is 9.58. The van der Waals surface area contributed by atoms with Gasteiger partial charge in [-0.15, -0.1) is 0 Å². The SMILES string of the molecule is C=CC(=O)CC(CC(O)CC(C(=O)C(=C)C)(C(=O)C(=C)C)C(O)(CO)C(=O)C=C)(C(=O)C(=C)C)C(=O)C(=C)C. The Morgan fingerprint density at radius 3 is 1.38 bits per heavy atom. The van der Waals surface area contributed by atoms with Gasteiger partial charge in [0.1, 0.15) is 10.8 Å². The van der Waals surface area contributed by atoms with Gasteiger partial charge in [-0.25, -0.2) is 0 Å². The van der Waals surface area contributed by atoms with Crippen molar-refractivity contribution in [3.8, 4) is 0 Å². The molecule has 0 heterocycles. The Kier molecular flexibility index (Phi) is 12.2. The largest absolute Gasteiger partial charge is 0.393 e. The Labute approximate surface area is 229 Å². The predicted molar refractivity (Wildman–Crippen MR) is 146 cm³/mol. The molecular weight excluding hydrogens is 504 g/mol. The lowest BCUT2D eigenvalue weighted by Gasteiger charge is -2.44. The van der Waals surface area contributed by atoms with Crippen molar-refractivity contribution < 1.29 is 44.1 Å². The van der Waals surface area contributed by atoms with Crippen molar-refractivity contribution in [1.82, 2.24) is 0 Å². The number of hydrogen-bond donors (Lipinski definition) is 3. The molecule has 0 rings (SSSR count). The van der Waals surface area contributed by atoms with E-state index in [1.54, 1.807) is 0 Å². The average Bonchev–Trinajstić information content (AvgIpc) is 2.87. The van der Waals surface area contributed by atoms with Gasteiger partial charge in [0.05, 0.1) is 12.7 Å². The van der Waals surface area contributed by atoms with Crippen molar-refractivity contribution in [1.29, 1.82) is 0 Å². The molecule has 2 unspecified atom stereocenters. The van der Waals surface area contributed by atoms with Gasteiger partial charge in [0.2, 0.25) is 0 Å². The highest BCUT2D eigenvalue weighted by Crippen LogP contribution is 2.46. The van der Waals surface area contributed by atoms with Crippen molar-refractivity contribution >= 4 is 34.7 Å². The summed E-state index contributed by atoms with van der Waals surface area (Å²) in [4.78, 5) is 79.2. The molecule has 39 heavy (non-hydrogen) atoms.